The molecule has 0 spiro atoms. The number of aromatic nitrogens is 2. The summed E-state index contributed by atoms with van der Waals surface area (Å²) >= 11 is 1.71. The first-order valence-electron chi connectivity index (χ1n) is 5.96. The van der Waals surface area contributed by atoms with Gasteiger partial charge in [-0.15, -0.1) is 11.3 Å². The van der Waals surface area contributed by atoms with Gasteiger partial charge in [0.2, 0.25) is 0 Å². The molecule has 1 unspecified atom stereocenters. The molecule has 2 rings (SSSR count). The minimum Gasteiger partial charge on any atom is -0.304 e. The highest BCUT2D eigenvalue weighted by atomic mass is 32.1. The smallest absolute Gasteiger partial charge is 0.141 e. The Morgan fingerprint density at radius 2 is 2.22 bits per heavy atom. The summed E-state index contributed by atoms with van der Waals surface area (Å²) in [6.45, 7) is 4.80. The quantitative estimate of drug-likeness (QED) is 0.902. The van der Waals surface area contributed by atoms with Crippen LogP contribution in [0.3, 0.4) is 0 Å². The van der Waals surface area contributed by atoms with Crippen LogP contribution in [0.25, 0.3) is 0 Å². The van der Waals surface area contributed by atoms with Gasteiger partial charge in [-0.2, -0.15) is 0 Å². The summed E-state index contributed by atoms with van der Waals surface area (Å²) in [4.78, 5) is 9.47. The van der Waals surface area contributed by atoms with Gasteiger partial charge in [-0.1, -0.05) is 6.92 Å². The van der Waals surface area contributed by atoms with Gasteiger partial charge >= 0.3 is 0 Å². The molecule has 2 aromatic heterocycles. The average Bonchev–Trinajstić information content (AvgIpc) is 2.84. The lowest BCUT2D eigenvalue weighted by Gasteiger charge is -2.12. The molecule has 0 aliphatic heterocycles. The predicted octanol–water partition coefficient (Wildman–Crippen LogP) is 3.09. The van der Waals surface area contributed by atoms with E-state index >= 15 is 0 Å². The van der Waals surface area contributed by atoms with E-state index in [9.17, 15) is 4.39 Å². The molecule has 0 amide bonds. The van der Waals surface area contributed by atoms with Crippen LogP contribution in [0.4, 0.5) is 4.39 Å². The lowest BCUT2D eigenvalue weighted by molar-refractivity contribution is 0.560. The van der Waals surface area contributed by atoms with Gasteiger partial charge in [-0.3, -0.25) is 4.98 Å². The van der Waals surface area contributed by atoms with Crippen LogP contribution in [-0.4, -0.2) is 9.97 Å². The van der Waals surface area contributed by atoms with E-state index < -0.39 is 0 Å². The predicted molar refractivity (Wildman–Crippen MR) is 70.9 cm³/mol. The number of nitrogens with zero attached hydrogens (tertiary/aromatic N) is 2. The summed E-state index contributed by atoms with van der Waals surface area (Å²) in [6.07, 6.45) is 5.82. The van der Waals surface area contributed by atoms with E-state index in [1.54, 1.807) is 17.5 Å². The second-order valence-electron chi connectivity index (χ2n) is 4.11. The molecule has 0 saturated heterocycles. The first-order chi connectivity index (χ1) is 8.69. The van der Waals surface area contributed by atoms with E-state index in [2.05, 4.69) is 22.2 Å². The van der Waals surface area contributed by atoms with Gasteiger partial charge in [0.1, 0.15) is 10.8 Å². The number of nitrogens with one attached hydrogen (secondary N) is 1. The second-order valence-corrected chi connectivity index (χ2v) is 5.31. The molecule has 5 heteroatoms. The van der Waals surface area contributed by atoms with Crippen molar-refractivity contribution in [2.24, 2.45) is 0 Å². The van der Waals surface area contributed by atoms with E-state index in [0.29, 0.717) is 6.54 Å². The Kier molecular flexibility index (Phi) is 4.38. The van der Waals surface area contributed by atoms with E-state index in [-0.39, 0.29) is 11.9 Å². The Bertz CT molecular complexity index is 512. The van der Waals surface area contributed by atoms with Gasteiger partial charge in [-0.05, 0) is 25.0 Å². The van der Waals surface area contributed by atoms with Crippen LogP contribution in [0.15, 0.2) is 24.7 Å². The van der Waals surface area contributed by atoms with E-state index in [1.807, 2.05) is 13.1 Å². The summed E-state index contributed by atoms with van der Waals surface area (Å²) in [7, 11) is 0. The van der Waals surface area contributed by atoms with Crippen LogP contribution >= 0.6 is 11.3 Å². The van der Waals surface area contributed by atoms with Crippen molar-refractivity contribution in [3.8, 4) is 0 Å². The van der Waals surface area contributed by atoms with Crippen LogP contribution in [-0.2, 0) is 13.0 Å². The average molecular weight is 265 g/mol. The van der Waals surface area contributed by atoms with Crippen molar-refractivity contribution in [3.05, 3.63) is 45.9 Å². The first kappa shape index (κ1) is 13.1. The van der Waals surface area contributed by atoms with E-state index in [1.165, 1.54) is 17.1 Å². The third kappa shape index (κ3) is 3.34. The minimum atomic E-state index is -0.302. The maximum atomic E-state index is 13.0. The van der Waals surface area contributed by atoms with Crippen LogP contribution in [0.1, 0.15) is 35.3 Å². The first-order valence-corrected chi connectivity index (χ1v) is 6.78. The molecular formula is C13H16FN3S. The van der Waals surface area contributed by atoms with Gasteiger partial charge < -0.3 is 5.32 Å². The molecule has 0 aliphatic rings. The molecule has 3 nitrogen and oxygen atoms in total. The van der Waals surface area contributed by atoms with E-state index in [4.69, 9.17) is 0 Å². The van der Waals surface area contributed by atoms with Gasteiger partial charge in [0.15, 0.2) is 0 Å². The Labute approximate surface area is 110 Å². The zero-order chi connectivity index (χ0) is 13.0. The van der Waals surface area contributed by atoms with Crippen molar-refractivity contribution in [1.29, 1.82) is 0 Å². The van der Waals surface area contributed by atoms with Crippen molar-refractivity contribution in [1.82, 2.24) is 15.3 Å². The Morgan fingerprint density at radius 3 is 2.89 bits per heavy atom. The van der Waals surface area contributed by atoms with Crippen molar-refractivity contribution in [2.75, 3.05) is 0 Å². The Hall–Kier alpha value is -1.33. The molecule has 0 radical (unpaired) electrons. The summed E-state index contributed by atoms with van der Waals surface area (Å²) in [5.74, 6) is -0.302. The lowest BCUT2D eigenvalue weighted by atomic mass is 10.1. The number of hydrogen-bond acceptors (Lipinski definition) is 4. The second kappa shape index (κ2) is 6.02. The highest BCUT2D eigenvalue weighted by Gasteiger charge is 2.07. The lowest BCUT2D eigenvalue weighted by Crippen LogP contribution is -2.18. The van der Waals surface area contributed by atoms with E-state index in [0.717, 1.165) is 17.0 Å². The molecule has 0 bridgehead atoms. The third-order valence-electron chi connectivity index (χ3n) is 2.74. The molecule has 1 N–H and O–H groups in total. The highest BCUT2D eigenvalue weighted by molar-refractivity contribution is 7.11. The molecule has 2 aromatic rings. The molecule has 0 aliphatic carbocycles. The largest absolute Gasteiger partial charge is 0.304 e. The number of aryl methyl sites for hydroxylation is 1. The molecule has 0 aromatic carbocycles. The van der Waals surface area contributed by atoms with Gasteiger partial charge in [0.25, 0.3) is 0 Å². The van der Waals surface area contributed by atoms with Crippen LogP contribution < -0.4 is 5.32 Å². The molecular weight excluding hydrogens is 249 g/mol. The van der Waals surface area contributed by atoms with Crippen LogP contribution in [0.5, 0.6) is 0 Å². The number of halogens is 1. The van der Waals surface area contributed by atoms with Crippen molar-refractivity contribution < 1.29 is 4.39 Å². The monoisotopic (exact) mass is 265 g/mol. The topological polar surface area (TPSA) is 37.8 Å². The SMILES string of the molecule is CCc1cnc(CNC(C)c2cncc(F)c2)s1. The van der Waals surface area contributed by atoms with Crippen LogP contribution in [0.2, 0.25) is 0 Å². The summed E-state index contributed by atoms with van der Waals surface area (Å²) in [6, 6.07) is 1.56. The molecule has 2 heterocycles. The number of pyridine rings is 1. The van der Waals surface area contributed by atoms with Crippen molar-refractivity contribution in [3.63, 3.8) is 0 Å². The van der Waals surface area contributed by atoms with Gasteiger partial charge in [0.05, 0.1) is 6.20 Å². The number of hydrogen-bond donors (Lipinski definition) is 1. The van der Waals surface area contributed by atoms with Gasteiger partial charge in [-0.25, -0.2) is 9.37 Å². The molecule has 18 heavy (non-hydrogen) atoms. The summed E-state index contributed by atoms with van der Waals surface area (Å²) < 4.78 is 13.0. The van der Waals surface area contributed by atoms with Gasteiger partial charge in [0, 0.05) is 29.9 Å². The fourth-order valence-electron chi connectivity index (χ4n) is 1.62. The fourth-order valence-corrected chi connectivity index (χ4v) is 2.43. The Balaban J connectivity index is 1.93. The molecule has 0 saturated carbocycles. The standard InChI is InChI=1S/C13H16FN3S/c1-3-12-7-17-13(18-12)8-16-9(2)10-4-11(14)6-15-5-10/h4-7,9,16H,3,8H2,1-2H3. The summed E-state index contributed by atoms with van der Waals surface area (Å²) in [5.41, 5.74) is 0.849. The fraction of sp³-hybridized carbons (Fsp3) is 0.385. The zero-order valence-electron chi connectivity index (χ0n) is 10.5. The van der Waals surface area contributed by atoms with Crippen LogP contribution in [0, 0.1) is 5.82 Å². The van der Waals surface area contributed by atoms with Crippen molar-refractivity contribution in [2.45, 2.75) is 32.9 Å². The maximum Gasteiger partial charge on any atom is 0.141 e. The number of thiazole rings is 1. The molecule has 0 fully saturated rings. The summed E-state index contributed by atoms with van der Waals surface area (Å²) in [5, 5.41) is 4.38. The Morgan fingerprint density at radius 1 is 1.39 bits per heavy atom. The third-order valence-corrected chi connectivity index (χ3v) is 3.88. The molecule has 96 valence electrons. The van der Waals surface area contributed by atoms with Crippen molar-refractivity contribution >= 4 is 11.3 Å². The zero-order valence-corrected chi connectivity index (χ0v) is 11.3. The maximum absolute atomic E-state index is 13.0. The highest BCUT2D eigenvalue weighted by Crippen LogP contribution is 2.16. The normalized spacial score (nSPS) is 12.6. The number of rotatable bonds is 5. The minimum absolute atomic E-state index is 0.0576. The molecule has 1 atom stereocenters.